The summed E-state index contributed by atoms with van der Waals surface area (Å²) in [4.78, 5) is 21.8. The zero-order valence-electron chi connectivity index (χ0n) is 19.2. The molecule has 0 saturated carbocycles. The molecule has 2 aromatic heterocycles. The third kappa shape index (κ3) is 4.69. The van der Waals surface area contributed by atoms with E-state index in [2.05, 4.69) is 10.6 Å². The lowest BCUT2D eigenvalue weighted by molar-refractivity contribution is 0.0951. The summed E-state index contributed by atoms with van der Waals surface area (Å²) < 4.78 is 15.7. The summed E-state index contributed by atoms with van der Waals surface area (Å²) in [7, 11) is 0. The second-order valence-electron chi connectivity index (χ2n) is 8.28. The lowest BCUT2D eigenvalue weighted by atomic mass is 10.2. The van der Waals surface area contributed by atoms with E-state index in [0.29, 0.717) is 24.7 Å². The molecule has 0 aliphatic carbocycles. The average Bonchev–Trinajstić information content (AvgIpc) is 3.13. The van der Waals surface area contributed by atoms with Crippen LogP contribution in [0.3, 0.4) is 0 Å². The number of hydrogen-bond acceptors (Lipinski definition) is 5. The predicted octanol–water partition coefficient (Wildman–Crippen LogP) is 4.54. The maximum atomic E-state index is 13.8. The molecule has 8 heteroatoms. The second kappa shape index (κ2) is 9.36. The van der Waals surface area contributed by atoms with Gasteiger partial charge in [-0.15, -0.1) is 0 Å². The highest BCUT2D eigenvalue weighted by Gasteiger charge is 2.19. The van der Waals surface area contributed by atoms with Crippen LogP contribution in [0.15, 0.2) is 48.5 Å². The molecule has 4 aromatic rings. The number of anilines is 1. The van der Waals surface area contributed by atoms with E-state index < -0.39 is 11.7 Å². The van der Waals surface area contributed by atoms with Crippen LogP contribution in [0.1, 0.15) is 47.2 Å². The summed E-state index contributed by atoms with van der Waals surface area (Å²) >= 11 is 0. The molecule has 4 rings (SSSR count). The Balaban J connectivity index is 1.58. The number of fused-ring (bicyclic) bond motifs is 1. The summed E-state index contributed by atoms with van der Waals surface area (Å²) in [5.74, 6) is 0.501. The normalized spacial score (nSPS) is 11.2. The Morgan fingerprint density at radius 2 is 1.76 bits per heavy atom. The molecule has 0 atom stereocenters. The topological polar surface area (TPSA) is 84.7 Å². The maximum absolute atomic E-state index is 13.8. The Hall–Kier alpha value is -3.81. The van der Waals surface area contributed by atoms with Crippen LogP contribution in [-0.2, 0) is 0 Å². The predicted molar refractivity (Wildman–Crippen MR) is 127 cm³/mol. The van der Waals surface area contributed by atoms with Gasteiger partial charge in [-0.3, -0.25) is 4.79 Å². The number of benzene rings is 2. The van der Waals surface area contributed by atoms with E-state index in [1.54, 1.807) is 12.1 Å². The zero-order chi connectivity index (χ0) is 23.5. The highest BCUT2D eigenvalue weighted by atomic mass is 19.1. The van der Waals surface area contributed by atoms with Crippen molar-refractivity contribution in [3.63, 3.8) is 0 Å². The Labute approximate surface area is 192 Å². The maximum Gasteiger partial charge on any atom is 0.254 e. The lowest BCUT2D eigenvalue weighted by Crippen LogP contribution is -2.29. The van der Waals surface area contributed by atoms with Crippen molar-refractivity contribution in [2.45, 2.75) is 33.6 Å². The summed E-state index contributed by atoms with van der Waals surface area (Å²) in [6.45, 7) is 8.77. The fraction of sp³-hybridized carbons (Fsp3) is 0.280. The van der Waals surface area contributed by atoms with Crippen LogP contribution >= 0.6 is 0 Å². The van der Waals surface area contributed by atoms with E-state index in [0.717, 1.165) is 22.4 Å². The Bertz CT molecular complexity index is 1300. The van der Waals surface area contributed by atoms with Crippen LogP contribution < -0.4 is 10.6 Å². The first kappa shape index (κ1) is 22.4. The quantitative estimate of drug-likeness (QED) is 0.407. The smallest absolute Gasteiger partial charge is 0.254 e. The lowest BCUT2D eigenvalue weighted by Gasteiger charge is -2.12. The minimum Gasteiger partial charge on any atom is -0.368 e. The van der Waals surface area contributed by atoms with Crippen molar-refractivity contribution in [3.05, 3.63) is 77.0 Å². The minimum absolute atomic E-state index is 0.0271. The van der Waals surface area contributed by atoms with Crippen LogP contribution in [0.2, 0.25) is 0 Å². The van der Waals surface area contributed by atoms with Crippen molar-refractivity contribution < 1.29 is 9.18 Å². The molecule has 0 unspecified atom stereocenters. The minimum atomic E-state index is -0.541. The molecule has 170 valence electrons. The number of aromatic nitrogens is 4. The van der Waals surface area contributed by atoms with Gasteiger partial charge >= 0.3 is 0 Å². The largest absolute Gasteiger partial charge is 0.368 e. The number of rotatable bonds is 7. The molecule has 0 bridgehead atoms. The van der Waals surface area contributed by atoms with Crippen molar-refractivity contribution in [2.75, 3.05) is 18.4 Å². The number of nitrogens with one attached hydrogen (secondary N) is 2. The zero-order valence-corrected chi connectivity index (χ0v) is 19.2. The summed E-state index contributed by atoms with van der Waals surface area (Å²) in [6, 6.07) is 14.0. The van der Waals surface area contributed by atoms with Crippen molar-refractivity contribution in [1.82, 2.24) is 25.1 Å². The fourth-order valence-corrected chi connectivity index (χ4v) is 3.55. The first-order chi connectivity index (χ1) is 15.8. The average molecular weight is 447 g/mol. The van der Waals surface area contributed by atoms with Gasteiger partial charge < -0.3 is 10.6 Å². The van der Waals surface area contributed by atoms with Gasteiger partial charge in [-0.25, -0.2) is 19.0 Å². The molecule has 2 N–H and O–H groups in total. The van der Waals surface area contributed by atoms with Crippen molar-refractivity contribution in [2.24, 2.45) is 0 Å². The summed E-state index contributed by atoms with van der Waals surface area (Å²) in [5.41, 5.74) is 3.66. The highest BCUT2D eigenvalue weighted by molar-refractivity contribution is 5.94. The standard InChI is InChI=1S/C25H27FN6O/c1-15(2)22-29-23(27-13-14-28-25(33)19-7-5-6-8-20(19)26)21-17(4)31-32(24(21)30-22)18-11-9-16(3)10-12-18/h5-12,15H,13-14H2,1-4H3,(H,28,33)(H,27,29,30). The van der Waals surface area contributed by atoms with E-state index in [9.17, 15) is 9.18 Å². The molecule has 0 aliphatic heterocycles. The third-order valence-corrected chi connectivity index (χ3v) is 5.34. The van der Waals surface area contributed by atoms with E-state index in [1.807, 2.05) is 56.6 Å². The number of carbonyl (C=O) groups is 1. The number of halogens is 1. The SMILES string of the molecule is Cc1ccc(-n2nc(C)c3c(NCCNC(=O)c4ccccc4F)nc(C(C)C)nc32)cc1. The van der Waals surface area contributed by atoms with E-state index >= 15 is 0 Å². The van der Waals surface area contributed by atoms with Gasteiger partial charge in [0.1, 0.15) is 17.5 Å². The Morgan fingerprint density at radius 1 is 1.03 bits per heavy atom. The number of nitrogens with zero attached hydrogens (tertiary/aromatic N) is 4. The molecule has 0 fully saturated rings. The van der Waals surface area contributed by atoms with Gasteiger partial charge in [-0.2, -0.15) is 5.10 Å². The molecular formula is C25H27FN6O. The van der Waals surface area contributed by atoms with Crippen LogP contribution in [0, 0.1) is 19.7 Å². The van der Waals surface area contributed by atoms with Crippen LogP contribution in [0.4, 0.5) is 10.2 Å². The van der Waals surface area contributed by atoms with Gasteiger partial charge in [0.05, 0.1) is 22.3 Å². The monoisotopic (exact) mass is 446 g/mol. The molecule has 0 saturated heterocycles. The summed E-state index contributed by atoms with van der Waals surface area (Å²) in [6.07, 6.45) is 0. The van der Waals surface area contributed by atoms with Crippen molar-refractivity contribution >= 4 is 22.8 Å². The molecule has 1 amide bonds. The van der Waals surface area contributed by atoms with Gasteiger partial charge in [-0.05, 0) is 38.1 Å². The molecule has 0 spiro atoms. The molecule has 33 heavy (non-hydrogen) atoms. The summed E-state index contributed by atoms with van der Waals surface area (Å²) in [5, 5.41) is 11.6. The van der Waals surface area contributed by atoms with Gasteiger partial charge in [0, 0.05) is 19.0 Å². The molecule has 7 nitrogen and oxygen atoms in total. The Morgan fingerprint density at radius 3 is 2.45 bits per heavy atom. The van der Waals surface area contributed by atoms with E-state index in [1.165, 1.54) is 17.7 Å². The van der Waals surface area contributed by atoms with Crippen molar-refractivity contribution in [3.8, 4) is 5.69 Å². The number of amides is 1. The molecule has 0 aliphatic rings. The van der Waals surface area contributed by atoms with E-state index in [4.69, 9.17) is 15.1 Å². The fourth-order valence-electron chi connectivity index (χ4n) is 3.55. The van der Waals surface area contributed by atoms with E-state index in [-0.39, 0.29) is 11.5 Å². The van der Waals surface area contributed by atoms with Crippen LogP contribution in [0.25, 0.3) is 16.7 Å². The molecular weight excluding hydrogens is 419 g/mol. The van der Waals surface area contributed by atoms with Gasteiger partial charge in [0.25, 0.3) is 5.91 Å². The second-order valence-corrected chi connectivity index (χ2v) is 8.28. The number of carbonyl (C=O) groups excluding carboxylic acids is 1. The van der Waals surface area contributed by atoms with Gasteiger partial charge in [-0.1, -0.05) is 43.7 Å². The first-order valence-corrected chi connectivity index (χ1v) is 11.0. The van der Waals surface area contributed by atoms with Crippen LogP contribution in [-0.4, -0.2) is 38.7 Å². The molecule has 2 aromatic carbocycles. The van der Waals surface area contributed by atoms with Crippen LogP contribution in [0.5, 0.6) is 0 Å². The van der Waals surface area contributed by atoms with Crippen molar-refractivity contribution in [1.29, 1.82) is 0 Å². The number of aryl methyl sites for hydroxylation is 2. The molecule has 2 heterocycles. The van der Waals surface area contributed by atoms with Gasteiger partial charge in [0.2, 0.25) is 0 Å². The Kier molecular flexibility index (Phi) is 6.35. The first-order valence-electron chi connectivity index (χ1n) is 11.0. The molecule has 0 radical (unpaired) electrons. The number of hydrogen-bond donors (Lipinski definition) is 2. The highest BCUT2D eigenvalue weighted by Crippen LogP contribution is 2.28. The van der Waals surface area contributed by atoms with Gasteiger partial charge in [0.15, 0.2) is 5.65 Å². The third-order valence-electron chi connectivity index (χ3n) is 5.34.